The number of nitrogens with one attached hydrogen (secondary N) is 2. The Balaban J connectivity index is 0.000000174. The van der Waals surface area contributed by atoms with Crippen LogP contribution < -0.4 is 20.4 Å². The van der Waals surface area contributed by atoms with Crippen LogP contribution in [0.2, 0.25) is 0 Å². The Bertz CT molecular complexity index is 1750. The summed E-state index contributed by atoms with van der Waals surface area (Å²) in [5.41, 5.74) is 9.36. The zero-order chi connectivity index (χ0) is 29.9. The van der Waals surface area contributed by atoms with Crippen molar-refractivity contribution in [2.75, 3.05) is 62.2 Å². The normalized spacial score (nSPS) is 14.7. The van der Waals surface area contributed by atoms with Crippen LogP contribution in [0.15, 0.2) is 97.1 Å². The van der Waals surface area contributed by atoms with Gasteiger partial charge in [-0.3, -0.25) is 0 Å². The SMILES string of the molecule is Cl.Cl.Cn1c(-c2cccc(N3CCNCC3)c2)nc2ccccc21.Cn1c(-c2cccc(N3CCNCC3)c2)nc2ccccc21. The van der Waals surface area contributed by atoms with Crippen LogP contribution in [0.5, 0.6) is 0 Å². The summed E-state index contributed by atoms with van der Waals surface area (Å²) in [6, 6.07) is 34.0. The van der Waals surface area contributed by atoms with E-state index in [2.05, 4.69) is 129 Å². The molecule has 0 saturated carbocycles. The predicted molar refractivity (Wildman–Crippen MR) is 197 cm³/mol. The first kappa shape index (κ1) is 33.3. The van der Waals surface area contributed by atoms with Gasteiger partial charge in [0.1, 0.15) is 11.6 Å². The smallest absolute Gasteiger partial charge is 0.140 e. The third-order valence-corrected chi connectivity index (χ3v) is 8.75. The van der Waals surface area contributed by atoms with E-state index in [-0.39, 0.29) is 24.8 Å². The molecule has 0 amide bonds. The predicted octanol–water partition coefficient (Wildman–Crippen LogP) is 6.14. The van der Waals surface area contributed by atoms with Crippen molar-refractivity contribution >= 4 is 58.3 Å². The van der Waals surface area contributed by atoms with E-state index in [9.17, 15) is 0 Å². The first-order chi connectivity index (χ1) is 21.7. The minimum atomic E-state index is 0. The summed E-state index contributed by atoms with van der Waals surface area (Å²) in [6.07, 6.45) is 0. The number of nitrogens with zero attached hydrogens (tertiary/aromatic N) is 6. The van der Waals surface area contributed by atoms with Gasteiger partial charge in [-0.05, 0) is 48.5 Å². The molecule has 0 aliphatic carbocycles. The van der Waals surface area contributed by atoms with Crippen molar-refractivity contribution in [3.05, 3.63) is 97.1 Å². The molecule has 240 valence electrons. The molecule has 0 atom stereocenters. The lowest BCUT2D eigenvalue weighted by Gasteiger charge is -2.29. The number of piperazine rings is 2. The Morgan fingerprint density at radius 2 is 0.891 bits per heavy atom. The number of aryl methyl sites for hydroxylation is 2. The van der Waals surface area contributed by atoms with Crippen LogP contribution in [0, 0.1) is 0 Å². The fraction of sp³-hybridized carbons (Fsp3) is 0.278. The highest BCUT2D eigenvalue weighted by Crippen LogP contribution is 2.28. The number of para-hydroxylation sites is 4. The van der Waals surface area contributed by atoms with Crippen LogP contribution >= 0.6 is 24.8 Å². The molecule has 2 saturated heterocycles. The van der Waals surface area contributed by atoms with Gasteiger partial charge in [0.05, 0.1) is 22.1 Å². The summed E-state index contributed by atoms with van der Waals surface area (Å²) < 4.78 is 4.35. The van der Waals surface area contributed by atoms with E-state index in [1.807, 2.05) is 12.1 Å². The van der Waals surface area contributed by atoms with Gasteiger partial charge >= 0.3 is 0 Å². The van der Waals surface area contributed by atoms with Gasteiger partial charge in [-0.25, -0.2) is 9.97 Å². The molecule has 8 rings (SSSR count). The Labute approximate surface area is 283 Å². The number of anilines is 2. The number of aromatic nitrogens is 4. The van der Waals surface area contributed by atoms with E-state index in [0.29, 0.717) is 0 Å². The highest BCUT2D eigenvalue weighted by atomic mass is 35.5. The van der Waals surface area contributed by atoms with Gasteiger partial charge in [0.25, 0.3) is 0 Å². The minimum Gasteiger partial charge on any atom is -0.369 e. The standard InChI is InChI=1S/2C18H20N4.2ClH/c2*1-21-17-8-3-2-7-16(17)20-18(21)14-5-4-6-15(13-14)22-11-9-19-10-12-22;;/h2*2-8,13,19H,9-12H2,1H3;2*1H. The van der Waals surface area contributed by atoms with Crippen molar-refractivity contribution in [1.29, 1.82) is 0 Å². The molecule has 2 N–H and O–H groups in total. The summed E-state index contributed by atoms with van der Waals surface area (Å²) in [6.45, 7) is 8.45. The van der Waals surface area contributed by atoms with E-state index in [1.165, 1.54) is 33.5 Å². The van der Waals surface area contributed by atoms with E-state index >= 15 is 0 Å². The van der Waals surface area contributed by atoms with E-state index < -0.39 is 0 Å². The molecule has 46 heavy (non-hydrogen) atoms. The number of hydrogen-bond donors (Lipinski definition) is 2. The van der Waals surface area contributed by atoms with Gasteiger partial charge in [-0.1, -0.05) is 48.5 Å². The summed E-state index contributed by atoms with van der Waals surface area (Å²) in [7, 11) is 4.17. The molecule has 0 unspecified atom stereocenters. The Kier molecular flexibility index (Phi) is 10.9. The number of imidazole rings is 2. The van der Waals surface area contributed by atoms with E-state index in [1.54, 1.807) is 0 Å². The van der Waals surface area contributed by atoms with Crippen LogP contribution in [-0.4, -0.2) is 71.5 Å². The number of hydrogen-bond acceptors (Lipinski definition) is 6. The molecular formula is C36H42Cl2N8. The molecule has 2 aliphatic heterocycles. The van der Waals surface area contributed by atoms with Gasteiger partial charge in [0.15, 0.2) is 0 Å². The average Bonchev–Trinajstić information content (AvgIpc) is 3.62. The van der Waals surface area contributed by atoms with Crippen LogP contribution in [0.3, 0.4) is 0 Å². The fourth-order valence-corrected chi connectivity index (χ4v) is 6.34. The maximum Gasteiger partial charge on any atom is 0.140 e. The zero-order valence-corrected chi connectivity index (χ0v) is 28.0. The molecule has 0 bridgehead atoms. The summed E-state index contributed by atoms with van der Waals surface area (Å²) >= 11 is 0. The van der Waals surface area contributed by atoms with Gasteiger partial charge in [-0.15, -0.1) is 24.8 Å². The van der Waals surface area contributed by atoms with Gasteiger partial charge in [0.2, 0.25) is 0 Å². The summed E-state index contributed by atoms with van der Waals surface area (Å²) in [5, 5.41) is 6.80. The van der Waals surface area contributed by atoms with Crippen LogP contribution in [0.25, 0.3) is 44.8 Å². The largest absolute Gasteiger partial charge is 0.369 e. The first-order valence-electron chi connectivity index (χ1n) is 15.6. The molecule has 8 nitrogen and oxygen atoms in total. The molecular weight excluding hydrogens is 615 g/mol. The third-order valence-electron chi connectivity index (χ3n) is 8.75. The van der Waals surface area contributed by atoms with Gasteiger partial charge in [-0.2, -0.15) is 0 Å². The number of rotatable bonds is 4. The second-order valence-electron chi connectivity index (χ2n) is 11.5. The van der Waals surface area contributed by atoms with Crippen molar-refractivity contribution in [2.24, 2.45) is 14.1 Å². The van der Waals surface area contributed by atoms with E-state index in [4.69, 9.17) is 9.97 Å². The lowest BCUT2D eigenvalue weighted by Crippen LogP contribution is -2.43. The minimum absolute atomic E-state index is 0. The Morgan fingerprint density at radius 3 is 1.28 bits per heavy atom. The van der Waals surface area contributed by atoms with Crippen molar-refractivity contribution in [3.8, 4) is 22.8 Å². The highest BCUT2D eigenvalue weighted by Gasteiger charge is 2.15. The number of benzene rings is 4. The van der Waals surface area contributed by atoms with Gasteiger partial charge < -0.3 is 29.6 Å². The maximum absolute atomic E-state index is 4.80. The van der Waals surface area contributed by atoms with Crippen LogP contribution in [-0.2, 0) is 14.1 Å². The molecule has 4 aromatic carbocycles. The Morgan fingerprint density at radius 1 is 0.500 bits per heavy atom. The van der Waals surface area contributed by atoms with Crippen molar-refractivity contribution < 1.29 is 0 Å². The molecule has 2 fully saturated rings. The van der Waals surface area contributed by atoms with E-state index in [0.717, 1.165) is 75.0 Å². The lowest BCUT2D eigenvalue weighted by molar-refractivity contribution is 0.589. The molecule has 6 aromatic rings. The second-order valence-corrected chi connectivity index (χ2v) is 11.5. The molecule has 10 heteroatoms. The van der Waals surface area contributed by atoms with Crippen molar-refractivity contribution in [3.63, 3.8) is 0 Å². The molecule has 2 aliphatic rings. The van der Waals surface area contributed by atoms with Crippen LogP contribution in [0.1, 0.15) is 0 Å². The second kappa shape index (κ2) is 15.0. The summed E-state index contributed by atoms with van der Waals surface area (Å²) in [5.74, 6) is 2.05. The Hall–Kier alpha value is -4.08. The third kappa shape index (κ3) is 6.86. The van der Waals surface area contributed by atoms with Gasteiger partial charge in [0, 0.05) is 89.0 Å². The van der Waals surface area contributed by atoms with Crippen molar-refractivity contribution in [2.45, 2.75) is 0 Å². The van der Waals surface area contributed by atoms with Crippen molar-refractivity contribution in [1.82, 2.24) is 29.7 Å². The molecule has 4 heterocycles. The highest BCUT2D eigenvalue weighted by molar-refractivity contribution is 5.86. The van der Waals surface area contributed by atoms with Crippen LogP contribution in [0.4, 0.5) is 11.4 Å². The molecule has 0 radical (unpaired) electrons. The first-order valence-corrected chi connectivity index (χ1v) is 15.6. The number of halogens is 2. The maximum atomic E-state index is 4.80. The molecule has 0 spiro atoms. The number of fused-ring (bicyclic) bond motifs is 2. The average molecular weight is 658 g/mol. The zero-order valence-electron chi connectivity index (χ0n) is 26.4. The summed E-state index contributed by atoms with van der Waals surface area (Å²) in [4.78, 5) is 14.5. The molecule has 2 aromatic heterocycles. The monoisotopic (exact) mass is 656 g/mol. The topological polar surface area (TPSA) is 66.2 Å². The lowest BCUT2D eigenvalue weighted by atomic mass is 10.1. The quantitative estimate of drug-likeness (QED) is 0.238. The fourth-order valence-electron chi connectivity index (χ4n) is 6.34.